The highest BCUT2D eigenvalue weighted by Gasteiger charge is 2.36. The highest BCUT2D eigenvalue weighted by Crippen LogP contribution is 2.32. The molecule has 2 unspecified atom stereocenters. The van der Waals surface area contributed by atoms with Gasteiger partial charge < -0.3 is 15.8 Å². The van der Waals surface area contributed by atoms with Crippen LogP contribution in [0.2, 0.25) is 0 Å². The standard InChI is InChI=1S/C13H18N2O2/c1-2-9-7-11(9)15-13(16)8-17-12-6-4-3-5-10(12)14/h3-6,9,11H,2,7-8,14H2,1H3,(H,15,16). The number of hydrogen-bond acceptors (Lipinski definition) is 3. The fraction of sp³-hybridized carbons (Fsp3) is 0.462. The van der Waals surface area contributed by atoms with Gasteiger partial charge in [-0.3, -0.25) is 4.79 Å². The van der Waals surface area contributed by atoms with Crippen molar-refractivity contribution in [3.63, 3.8) is 0 Å². The molecule has 1 saturated carbocycles. The zero-order valence-electron chi connectivity index (χ0n) is 9.98. The lowest BCUT2D eigenvalue weighted by atomic mass is 10.3. The molecule has 1 aliphatic carbocycles. The van der Waals surface area contributed by atoms with Gasteiger partial charge in [0.1, 0.15) is 5.75 Å². The molecule has 0 aromatic heterocycles. The Morgan fingerprint density at radius 2 is 2.29 bits per heavy atom. The quantitative estimate of drug-likeness (QED) is 0.760. The Hall–Kier alpha value is -1.71. The number of nitrogens with one attached hydrogen (secondary N) is 1. The molecule has 0 spiro atoms. The largest absolute Gasteiger partial charge is 0.482 e. The lowest BCUT2D eigenvalue weighted by molar-refractivity contribution is -0.123. The van der Waals surface area contributed by atoms with Crippen LogP contribution in [0.25, 0.3) is 0 Å². The average molecular weight is 234 g/mol. The molecule has 0 bridgehead atoms. The van der Waals surface area contributed by atoms with E-state index < -0.39 is 0 Å². The predicted molar refractivity (Wildman–Crippen MR) is 66.7 cm³/mol. The summed E-state index contributed by atoms with van der Waals surface area (Å²) in [4.78, 5) is 11.6. The lowest BCUT2D eigenvalue weighted by Gasteiger charge is -2.08. The number of ether oxygens (including phenoxy) is 1. The average Bonchev–Trinajstić information content (AvgIpc) is 3.06. The molecule has 17 heavy (non-hydrogen) atoms. The topological polar surface area (TPSA) is 64.3 Å². The van der Waals surface area contributed by atoms with E-state index >= 15 is 0 Å². The summed E-state index contributed by atoms with van der Waals surface area (Å²) in [6, 6.07) is 7.52. The van der Waals surface area contributed by atoms with E-state index in [0.717, 1.165) is 12.8 Å². The number of nitrogens with two attached hydrogens (primary N) is 1. The van der Waals surface area contributed by atoms with Crippen LogP contribution in [0.15, 0.2) is 24.3 Å². The van der Waals surface area contributed by atoms with E-state index in [9.17, 15) is 4.79 Å². The Labute approximate surface area is 101 Å². The number of nitrogen functional groups attached to an aromatic ring is 1. The number of carbonyl (C=O) groups excluding carboxylic acids is 1. The van der Waals surface area contributed by atoms with Crippen molar-refractivity contribution in [3.05, 3.63) is 24.3 Å². The third kappa shape index (κ3) is 3.12. The van der Waals surface area contributed by atoms with Crippen LogP contribution >= 0.6 is 0 Å². The van der Waals surface area contributed by atoms with Crippen molar-refractivity contribution in [2.45, 2.75) is 25.8 Å². The van der Waals surface area contributed by atoms with Crippen molar-refractivity contribution in [2.24, 2.45) is 5.92 Å². The molecule has 0 heterocycles. The monoisotopic (exact) mass is 234 g/mol. The summed E-state index contributed by atoms with van der Waals surface area (Å²) in [5.74, 6) is 1.14. The number of benzene rings is 1. The Kier molecular flexibility index (Phi) is 3.52. The van der Waals surface area contributed by atoms with Gasteiger partial charge in [0.15, 0.2) is 6.61 Å². The van der Waals surface area contributed by atoms with E-state index in [1.54, 1.807) is 12.1 Å². The maximum absolute atomic E-state index is 11.6. The Bertz CT molecular complexity index is 406. The number of rotatable bonds is 5. The Balaban J connectivity index is 1.75. The molecule has 3 N–H and O–H groups in total. The number of hydrogen-bond donors (Lipinski definition) is 2. The Morgan fingerprint density at radius 3 is 2.94 bits per heavy atom. The van der Waals surface area contributed by atoms with E-state index in [1.807, 2.05) is 12.1 Å². The van der Waals surface area contributed by atoms with Gasteiger partial charge in [0.2, 0.25) is 0 Å². The SMILES string of the molecule is CCC1CC1NC(=O)COc1ccccc1N. The van der Waals surface area contributed by atoms with Crippen LogP contribution in [0, 0.1) is 5.92 Å². The van der Waals surface area contributed by atoms with Crippen LogP contribution < -0.4 is 15.8 Å². The van der Waals surface area contributed by atoms with E-state index in [1.165, 1.54) is 0 Å². The molecular weight excluding hydrogens is 216 g/mol. The maximum Gasteiger partial charge on any atom is 0.258 e. The van der Waals surface area contributed by atoms with Crippen molar-refractivity contribution in [2.75, 3.05) is 12.3 Å². The molecule has 2 atom stereocenters. The molecule has 2 rings (SSSR count). The van der Waals surface area contributed by atoms with E-state index in [0.29, 0.717) is 23.4 Å². The lowest BCUT2D eigenvalue weighted by Crippen LogP contribution is -2.31. The van der Waals surface area contributed by atoms with E-state index in [-0.39, 0.29) is 12.5 Å². The smallest absolute Gasteiger partial charge is 0.258 e. The van der Waals surface area contributed by atoms with Crippen LogP contribution in [0.1, 0.15) is 19.8 Å². The van der Waals surface area contributed by atoms with Gasteiger partial charge in [0, 0.05) is 6.04 Å². The molecular formula is C13H18N2O2. The van der Waals surface area contributed by atoms with Gasteiger partial charge in [-0.05, 0) is 24.5 Å². The van der Waals surface area contributed by atoms with Gasteiger partial charge in [-0.25, -0.2) is 0 Å². The molecule has 1 aliphatic rings. The molecule has 0 radical (unpaired) electrons. The summed E-state index contributed by atoms with van der Waals surface area (Å²) in [5, 5.41) is 2.94. The van der Waals surface area contributed by atoms with E-state index in [2.05, 4.69) is 12.2 Å². The van der Waals surface area contributed by atoms with Crippen LogP contribution in [0.4, 0.5) is 5.69 Å². The predicted octanol–water partition coefficient (Wildman–Crippen LogP) is 1.56. The van der Waals surface area contributed by atoms with Gasteiger partial charge in [-0.1, -0.05) is 25.5 Å². The second-order valence-electron chi connectivity index (χ2n) is 4.40. The summed E-state index contributed by atoms with van der Waals surface area (Å²) in [7, 11) is 0. The van der Waals surface area contributed by atoms with E-state index in [4.69, 9.17) is 10.5 Å². The van der Waals surface area contributed by atoms with Crippen molar-refractivity contribution >= 4 is 11.6 Å². The molecule has 1 aromatic rings. The van der Waals surface area contributed by atoms with Crippen LogP contribution in [0.5, 0.6) is 5.75 Å². The normalized spacial score (nSPS) is 21.9. The first kappa shape index (κ1) is 11.8. The first-order valence-electron chi connectivity index (χ1n) is 5.97. The summed E-state index contributed by atoms with van der Waals surface area (Å²) in [5.41, 5.74) is 6.26. The minimum atomic E-state index is -0.0748. The minimum Gasteiger partial charge on any atom is -0.482 e. The highest BCUT2D eigenvalue weighted by atomic mass is 16.5. The molecule has 92 valence electrons. The number of para-hydroxylation sites is 2. The summed E-state index contributed by atoms with van der Waals surface area (Å²) >= 11 is 0. The fourth-order valence-corrected chi connectivity index (χ4v) is 1.88. The molecule has 1 aromatic carbocycles. The van der Waals surface area contributed by atoms with Gasteiger partial charge >= 0.3 is 0 Å². The van der Waals surface area contributed by atoms with Gasteiger partial charge in [-0.15, -0.1) is 0 Å². The van der Waals surface area contributed by atoms with Gasteiger partial charge in [0.25, 0.3) is 5.91 Å². The number of anilines is 1. The first-order valence-corrected chi connectivity index (χ1v) is 5.97. The van der Waals surface area contributed by atoms with Crippen molar-refractivity contribution in [1.82, 2.24) is 5.32 Å². The van der Waals surface area contributed by atoms with Crippen molar-refractivity contribution in [3.8, 4) is 5.75 Å². The zero-order chi connectivity index (χ0) is 12.3. The third-order valence-corrected chi connectivity index (χ3v) is 3.07. The van der Waals surface area contributed by atoms with Gasteiger partial charge in [-0.2, -0.15) is 0 Å². The number of carbonyl (C=O) groups is 1. The molecule has 4 heteroatoms. The molecule has 1 amide bonds. The third-order valence-electron chi connectivity index (χ3n) is 3.07. The number of amides is 1. The second kappa shape index (κ2) is 5.08. The molecule has 1 fully saturated rings. The molecule has 0 aliphatic heterocycles. The zero-order valence-corrected chi connectivity index (χ0v) is 9.98. The maximum atomic E-state index is 11.6. The second-order valence-corrected chi connectivity index (χ2v) is 4.40. The van der Waals surface area contributed by atoms with Crippen LogP contribution in [0.3, 0.4) is 0 Å². The Morgan fingerprint density at radius 1 is 1.53 bits per heavy atom. The van der Waals surface area contributed by atoms with Crippen molar-refractivity contribution in [1.29, 1.82) is 0 Å². The highest BCUT2D eigenvalue weighted by molar-refractivity contribution is 5.78. The molecule has 4 nitrogen and oxygen atoms in total. The minimum absolute atomic E-state index is 0.0289. The first-order chi connectivity index (χ1) is 8.20. The van der Waals surface area contributed by atoms with Crippen molar-refractivity contribution < 1.29 is 9.53 Å². The van der Waals surface area contributed by atoms with Crippen LogP contribution in [-0.4, -0.2) is 18.6 Å². The molecule has 0 saturated heterocycles. The van der Waals surface area contributed by atoms with Crippen LogP contribution in [-0.2, 0) is 4.79 Å². The summed E-state index contributed by atoms with van der Waals surface area (Å²) in [6.07, 6.45) is 2.22. The summed E-state index contributed by atoms with van der Waals surface area (Å²) in [6.45, 7) is 2.17. The van der Waals surface area contributed by atoms with Gasteiger partial charge in [0.05, 0.1) is 5.69 Å². The fourth-order valence-electron chi connectivity index (χ4n) is 1.88. The summed E-state index contributed by atoms with van der Waals surface area (Å²) < 4.78 is 5.36.